The Hall–Kier alpha value is 0.1000. The molecule has 2 nitrogen and oxygen atoms in total. The fraction of sp³-hybridized carbons (Fsp3) is 0.600. The lowest BCUT2D eigenvalue weighted by Gasteiger charge is -2.22. The summed E-state index contributed by atoms with van der Waals surface area (Å²) < 4.78 is 1.23. The maximum absolute atomic E-state index is 3.49. The van der Waals surface area contributed by atoms with Crippen molar-refractivity contribution >= 4 is 27.3 Å². The summed E-state index contributed by atoms with van der Waals surface area (Å²) in [5.74, 6) is 0. The zero-order valence-corrected chi connectivity index (χ0v) is 10.7. The summed E-state index contributed by atoms with van der Waals surface area (Å²) in [6.45, 7) is 3.37. The van der Waals surface area contributed by atoms with Crippen molar-refractivity contribution in [1.29, 1.82) is 0 Å². The van der Waals surface area contributed by atoms with Crippen LogP contribution >= 0.6 is 27.3 Å². The molecule has 0 bridgehead atoms. The maximum Gasteiger partial charge on any atom is 0.0701 e. The van der Waals surface area contributed by atoms with E-state index in [1.807, 2.05) is 0 Å². The normalized spacial score (nSPS) is 22.1. The fourth-order valence-corrected chi connectivity index (χ4v) is 3.06. The minimum atomic E-state index is 0.716. The zero-order chi connectivity index (χ0) is 9.97. The van der Waals surface area contributed by atoms with Crippen molar-refractivity contribution in [1.82, 2.24) is 10.2 Å². The molecule has 1 unspecified atom stereocenters. The molecule has 0 aliphatic carbocycles. The fourth-order valence-electron chi connectivity index (χ4n) is 1.86. The topological polar surface area (TPSA) is 15.3 Å². The standard InChI is InChI=1S/C10H15BrN2S/c1-13(9-2-3-12-5-9)6-8-4-10(11)14-7-8/h4,7,9,12H,2-3,5-6H2,1H3. The molecule has 1 aromatic heterocycles. The highest BCUT2D eigenvalue weighted by Crippen LogP contribution is 2.22. The number of nitrogens with zero attached hydrogens (tertiary/aromatic N) is 1. The molecule has 1 saturated heterocycles. The minimum Gasteiger partial charge on any atom is -0.315 e. The van der Waals surface area contributed by atoms with Crippen LogP contribution in [-0.4, -0.2) is 31.1 Å². The molecule has 0 spiro atoms. The van der Waals surface area contributed by atoms with Crippen LogP contribution in [0, 0.1) is 0 Å². The van der Waals surface area contributed by atoms with E-state index in [-0.39, 0.29) is 0 Å². The SMILES string of the molecule is CN(Cc1csc(Br)c1)C1CCNC1. The van der Waals surface area contributed by atoms with Gasteiger partial charge in [-0.05, 0) is 53.0 Å². The van der Waals surface area contributed by atoms with Gasteiger partial charge in [0.2, 0.25) is 0 Å². The number of rotatable bonds is 3. The third-order valence-corrected chi connectivity index (χ3v) is 4.26. The number of hydrogen-bond donors (Lipinski definition) is 1. The van der Waals surface area contributed by atoms with Gasteiger partial charge < -0.3 is 5.32 Å². The van der Waals surface area contributed by atoms with Crippen molar-refractivity contribution in [2.24, 2.45) is 0 Å². The Bertz CT molecular complexity index is 294. The first-order valence-electron chi connectivity index (χ1n) is 4.89. The second-order valence-corrected chi connectivity index (χ2v) is 6.11. The van der Waals surface area contributed by atoms with E-state index in [0.29, 0.717) is 6.04 Å². The van der Waals surface area contributed by atoms with Gasteiger partial charge in [0.1, 0.15) is 0 Å². The highest BCUT2D eigenvalue weighted by molar-refractivity contribution is 9.11. The average molecular weight is 275 g/mol. The van der Waals surface area contributed by atoms with Crippen LogP contribution in [0.25, 0.3) is 0 Å². The quantitative estimate of drug-likeness (QED) is 0.910. The lowest BCUT2D eigenvalue weighted by Crippen LogP contribution is -2.32. The van der Waals surface area contributed by atoms with Gasteiger partial charge >= 0.3 is 0 Å². The van der Waals surface area contributed by atoms with Crippen molar-refractivity contribution in [2.45, 2.75) is 19.0 Å². The summed E-state index contributed by atoms with van der Waals surface area (Å²) in [5, 5.41) is 5.62. The van der Waals surface area contributed by atoms with E-state index >= 15 is 0 Å². The van der Waals surface area contributed by atoms with Gasteiger partial charge in [0.15, 0.2) is 0 Å². The monoisotopic (exact) mass is 274 g/mol. The summed E-state index contributed by atoms with van der Waals surface area (Å²) in [6, 6.07) is 2.93. The Morgan fingerprint density at radius 1 is 1.71 bits per heavy atom. The predicted octanol–water partition coefficient (Wildman–Crippen LogP) is 2.30. The van der Waals surface area contributed by atoms with Gasteiger partial charge in [-0.25, -0.2) is 0 Å². The molecule has 0 radical (unpaired) electrons. The smallest absolute Gasteiger partial charge is 0.0701 e. The van der Waals surface area contributed by atoms with Crippen LogP contribution in [0.1, 0.15) is 12.0 Å². The van der Waals surface area contributed by atoms with Gasteiger partial charge in [0.05, 0.1) is 3.79 Å². The Labute approximate surface area is 97.4 Å². The Morgan fingerprint density at radius 3 is 3.14 bits per heavy atom. The number of thiophene rings is 1. The van der Waals surface area contributed by atoms with E-state index in [1.54, 1.807) is 11.3 Å². The van der Waals surface area contributed by atoms with Crippen LogP contribution in [0.2, 0.25) is 0 Å². The Kier molecular flexibility index (Phi) is 3.60. The van der Waals surface area contributed by atoms with Crippen molar-refractivity contribution in [3.05, 3.63) is 20.8 Å². The summed E-state index contributed by atoms with van der Waals surface area (Å²) in [6.07, 6.45) is 1.28. The summed E-state index contributed by atoms with van der Waals surface area (Å²) >= 11 is 5.26. The van der Waals surface area contributed by atoms with Crippen LogP contribution in [0.3, 0.4) is 0 Å². The van der Waals surface area contributed by atoms with Crippen LogP contribution in [-0.2, 0) is 6.54 Å². The predicted molar refractivity (Wildman–Crippen MR) is 64.8 cm³/mol. The molecule has 2 rings (SSSR count). The second-order valence-electron chi connectivity index (χ2n) is 3.82. The minimum absolute atomic E-state index is 0.716. The molecule has 1 N–H and O–H groups in total. The molecule has 1 aromatic rings. The van der Waals surface area contributed by atoms with Gasteiger partial charge in [-0.15, -0.1) is 11.3 Å². The van der Waals surface area contributed by atoms with Crippen molar-refractivity contribution in [2.75, 3.05) is 20.1 Å². The molecule has 1 aliphatic rings. The third kappa shape index (κ3) is 2.57. The number of halogens is 1. The van der Waals surface area contributed by atoms with Crippen LogP contribution < -0.4 is 5.32 Å². The van der Waals surface area contributed by atoms with E-state index in [2.05, 4.69) is 44.6 Å². The van der Waals surface area contributed by atoms with Gasteiger partial charge in [-0.1, -0.05) is 0 Å². The lowest BCUT2D eigenvalue weighted by molar-refractivity contribution is 0.249. The first kappa shape index (κ1) is 10.6. The van der Waals surface area contributed by atoms with Crippen molar-refractivity contribution < 1.29 is 0 Å². The first-order chi connectivity index (χ1) is 6.75. The summed E-state index contributed by atoms with van der Waals surface area (Å²) in [4.78, 5) is 2.44. The van der Waals surface area contributed by atoms with E-state index in [4.69, 9.17) is 0 Å². The number of nitrogens with one attached hydrogen (secondary N) is 1. The molecule has 0 saturated carbocycles. The van der Waals surface area contributed by atoms with Crippen molar-refractivity contribution in [3.8, 4) is 0 Å². The van der Waals surface area contributed by atoms with Crippen LogP contribution in [0.15, 0.2) is 15.2 Å². The first-order valence-corrected chi connectivity index (χ1v) is 6.57. The molecular formula is C10H15BrN2S. The zero-order valence-electron chi connectivity index (χ0n) is 8.29. The van der Waals surface area contributed by atoms with E-state index in [0.717, 1.165) is 13.1 Å². The molecule has 1 fully saturated rings. The van der Waals surface area contributed by atoms with Crippen LogP contribution in [0.4, 0.5) is 0 Å². The van der Waals surface area contributed by atoms with Gasteiger partial charge in [0.25, 0.3) is 0 Å². The molecule has 1 aliphatic heterocycles. The second kappa shape index (κ2) is 4.75. The third-order valence-electron chi connectivity index (χ3n) is 2.71. The number of hydrogen-bond acceptors (Lipinski definition) is 3. The molecular weight excluding hydrogens is 260 g/mol. The Balaban J connectivity index is 1.90. The molecule has 0 amide bonds. The molecule has 0 aromatic carbocycles. The molecule has 4 heteroatoms. The molecule has 78 valence electrons. The van der Waals surface area contributed by atoms with Gasteiger partial charge in [0, 0.05) is 19.1 Å². The molecule has 14 heavy (non-hydrogen) atoms. The van der Waals surface area contributed by atoms with Crippen molar-refractivity contribution in [3.63, 3.8) is 0 Å². The maximum atomic E-state index is 3.49. The summed E-state index contributed by atoms with van der Waals surface area (Å²) in [5.41, 5.74) is 1.41. The van der Waals surface area contributed by atoms with E-state index in [9.17, 15) is 0 Å². The highest BCUT2D eigenvalue weighted by atomic mass is 79.9. The lowest BCUT2D eigenvalue weighted by atomic mass is 10.2. The largest absolute Gasteiger partial charge is 0.315 e. The number of likely N-dealkylation sites (N-methyl/N-ethyl adjacent to an activating group) is 1. The Morgan fingerprint density at radius 2 is 2.57 bits per heavy atom. The van der Waals surface area contributed by atoms with E-state index < -0.39 is 0 Å². The molecule has 2 heterocycles. The van der Waals surface area contributed by atoms with Gasteiger partial charge in [-0.2, -0.15) is 0 Å². The van der Waals surface area contributed by atoms with Crippen LogP contribution in [0.5, 0.6) is 0 Å². The average Bonchev–Trinajstić information content (AvgIpc) is 2.75. The summed E-state index contributed by atoms with van der Waals surface area (Å²) in [7, 11) is 2.21. The molecule has 1 atom stereocenters. The highest BCUT2D eigenvalue weighted by Gasteiger charge is 2.19. The van der Waals surface area contributed by atoms with Gasteiger partial charge in [-0.3, -0.25) is 4.90 Å². The van der Waals surface area contributed by atoms with E-state index in [1.165, 1.54) is 22.3 Å².